The van der Waals surface area contributed by atoms with Crippen LogP contribution in [0.4, 0.5) is 0 Å². The maximum atomic E-state index is 9.57. The largest absolute Gasteiger partial charge is 0.411 e. The fraction of sp³-hybridized carbons (Fsp3) is 0.318. The summed E-state index contributed by atoms with van der Waals surface area (Å²) in [4.78, 5) is 5.30. The van der Waals surface area contributed by atoms with Crippen molar-refractivity contribution in [1.82, 2.24) is 0 Å². The minimum atomic E-state index is 0.683. The number of allylic oxidation sites excluding steroid dienone is 2. The topological polar surface area (TPSA) is 32.6 Å². The van der Waals surface area contributed by atoms with Crippen LogP contribution < -0.4 is 0 Å². The summed E-state index contributed by atoms with van der Waals surface area (Å²) in [6.07, 6.45) is 7.18. The number of hydrogen-bond donors (Lipinski definition) is 1. The summed E-state index contributed by atoms with van der Waals surface area (Å²) in [7, 11) is 0. The van der Waals surface area contributed by atoms with Crippen molar-refractivity contribution >= 4 is 34.8 Å². The molecule has 1 fully saturated rings. The van der Waals surface area contributed by atoms with Gasteiger partial charge in [0.05, 0.1) is 5.71 Å². The molecule has 0 aromatic heterocycles. The third-order valence-corrected chi connectivity index (χ3v) is 8.27. The standard InChI is InChI=1S/C22H21NOS2/c24-23-17-11-10-16(14-5-1-2-6-14)22(17)15-9-12-20-21(13-15)26-19-8-4-3-7-18(19)25-20/h3-4,7-9,12-14,24H,1-2,5-6,10-11H2/b23-17+. The van der Waals surface area contributed by atoms with Gasteiger partial charge >= 0.3 is 0 Å². The van der Waals surface area contributed by atoms with Crippen LogP contribution in [0.15, 0.2) is 72.8 Å². The Hall–Kier alpha value is -1.65. The molecular weight excluding hydrogens is 358 g/mol. The van der Waals surface area contributed by atoms with E-state index in [9.17, 15) is 5.21 Å². The highest BCUT2D eigenvalue weighted by Crippen LogP contribution is 2.50. The Kier molecular flexibility index (Phi) is 4.33. The quantitative estimate of drug-likeness (QED) is 0.389. The summed E-state index contributed by atoms with van der Waals surface area (Å²) < 4.78 is 0. The van der Waals surface area contributed by atoms with Gasteiger partial charge in [-0.2, -0.15) is 0 Å². The molecule has 1 N–H and O–H groups in total. The normalized spacial score (nSPS) is 21.3. The first-order valence-corrected chi connectivity index (χ1v) is 11.0. The van der Waals surface area contributed by atoms with Crippen molar-refractivity contribution in [3.05, 3.63) is 53.6 Å². The van der Waals surface area contributed by atoms with Gasteiger partial charge in [0.15, 0.2) is 0 Å². The van der Waals surface area contributed by atoms with E-state index in [1.54, 1.807) is 0 Å². The molecule has 5 rings (SSSR count). The summed E-state index contributed by atoms with van der Waals surface area (Å²) in [5, 5.41) is 13.2. The van der Waals surface area contributed by atoms with Crippen molar-refractivity contribution < 1.29 is 5.21 Å². The third-order valence-electron chi connectivity index (χ3n) is 5.73. The van der Waals surface area contributed by atoms with Crippen molar-refractivity contribution in [1.29, 1.82) is 0 Å². The van der Waals surface area contributed by atoms with E-state index >= 15 is 0 Å². The predicted molar refractivity (Wildman–Crippen MR) is 108 cm³/mol. The Morgan fingerprint density at radius 3 is 2.27 bits per heavy atom. The summed E-state index contributed by atoms with van der Waals surface area (Å²) in [6.45, 7) is 0. The van der Waals surface area contributed by atoms with Gasteiger partial charge < -0.3 is 5.21 Å². The molecule has 2 nitrogen and oxygen atoms in total. The monoisotopic (exact) mass is 379 g/mol. The zero-order valence-corrected chi connectivity index (χ0v) is 16.2. The molecule has 1 heterocycles. The van der Waals surface area contributed by atoms with Crippen molar-refractivity contribution in [3.63, 3.8) is 0 Å². The Labute approximate surface area is 162 Å². The molecular formula is C22H21NOS2. The highest BCUT2D eigenvalue weighted by atomic mass is 32.2. The van der Waals surface area contributed by atoms with Crippen molar-refractivity contribution in [2.45, 2.75) is 58.1 Å². The smallest absolute Gasteiger partial charge is 0.0876 e. The van der Waals surface area contributed by atoms with E-state index in [1.807, 2.05) is 23.5 Å². The average molecular weight is 380 g/mol. The van der Waals surface area contributed by atoms with Gasteiger partial charge in [0.1, 0.15) is 0 Å². The van der Waals surface area contributed by atoms with Crippen LogP contribution in [-0.4, -0.2) is 10.9 Å². The summed E-state index contributed by atoms with van der Waals surface area (Å²) in [6, 6.07) is 15.4. The number of hydrogen-bond acceptors (Lipinski definition) is 4. The van der Waals surface area contributed by atoms with Crippen LogP contribution in [0.25, 0.3) is 5.57 Å². The lowest BCUT2D eigenvalue weighted by atomic mass is 9.91. The zero-order chi connectivity index (χ0) is 17.5. The number of nitrogens with zero attached hydrogens (tertiary/aromatic N) is 1. The van der Waals surface area contributed by atoms with Gasteiger partial charge in [0.25, 0.3) is 0 Å². The minimum absolute atomic E-state index is 0.683. The molecule has 0 spiro atoms. The van der Waals surface area contributed by atoms with Gasteiger partial charge in [-0.3, -0.25) is 0 Å². The number of fused-ring (bicyclic) bond motifs is 2. The van der Waals surface area contributed by atoms with Crippen LogP contribution in [0.1, 0.15) is 44.1 Å². The third kappa shape index (κ3) is 2.80. The van der Waals surface area contributed by atoms with E-state index in [1.165, 1.54) is 62.0 Å². The number of benzene rings is 2. The predicted octanol–water partition coefficient (Wildman–Crippen LogP) is 6.87. The van der Waals surface area contributed by atoms with Gasteiger partial charge in [0, 0.05) is 25.2 Å². The highest BCUT2D eigenvalue weighted by Gasteiger charge is 2.30. The molecule has 0 unspecified atom stereocenters. The van der Waals surface area contributed by atoms with Crippen LogP contribution >= 0.6 is 23.5 Å². The van der Waals surface area contributed by atoms with Crippen molar-refractivity contribution in [2.24, 2.45) is 11.1 Å². The Balaban J connectivity index is 1.57. The minimum Gasteiger partial charge on any atom is -0.411 e. The Morgan fingerprint density at radius 1 is 0.846 bits per heavy atom. The van der Waals surface area contributed by atoms with Gasteiger partial charge in [-0.05, 0) is 61.4 Å². The molecule has 0 radical (unpaired) electrons. The molecule has 4 heteroatoms. The molecule has 0 atom stereocenters. The first kappa shape index (κ1) is 16.5. The van der Waals surface area contributed by atoms with E-state index in [4.69, 9.17) is 0 Å². The highest BCUT2D eigenvalue weighted by molar-refractivity contribution is 8.05. The van der Waals surface area contributed by atoms with Crippen LogP contribution in [0.2, 0.25) is 0 Å². The second-order valence-corrected chi connectivity index (χ2v) is 9.41. The van der Waals surface area contributed by atoms with Gasteiger partial charge in [-0.15, -0.1) is 0 Å². The van der Waals surface area contributed by atoms with Crippen LogP contribution in [0.3, 0.4) is 0 Å². The zero-order valence-electron chi connectivity index (χ0n) is 14.6. The van der Waals surface area contributed by atoms with Gasteiger partial charge in [-0.25, -0.2) is 0 Å². The molecule has 0 saturated heterocycles. The Morgan fingerprint density at radius 2 is 1.54 bits per heavy atom. The lowest BCUT2D eigenvalue weighted by molar-refractivity contribution is 0.319. The van der Waals surface area contributed by atoms with Crippen LogP contribution in [-0.2, 0) is 0 Å². The van der Waals surface area contributed by atoms with E-state index < -0.39 is 0 Å². The fourth-order valence-electron chi connectivity index (χ4n) is 4.51. The lowest BCUT2D eigenvalue weighted by Crippen LogP contribution is -2.02. The molecule has 1 saturated carbocycles. The van der Waals surface area contributed by atoms with Crippen molar-refractivity contribution in [2.75, 3.05) is 0 Å². The number of rotatable bonds is 2. The second-order valence-electron chi connectivity index (χ2n) is 7.24. The van der Waals surface area contributed by atoms with Gasteiger partial charge in [-0.1, -0.05) is 65.3 Å². The summed E-state index contributed by atoms with van der Waals surface area (Å²) >= 11 is 3.70. The molecule has 1 aliphatic heterocycles. The maximum Gasteiger partial charge on any atom is 0.0876 e. The summed E-state index contributed by atoms with van der Waals surface area (Å²) in [5.41, 5.74) is 4.86. The molecule has 132 valence electrons. The molecule has 0 amide bonds. The van der Waals surface area contributed by atoms with E-state index in [0.717, 1.165) is 18.6 Å². The molecule has 3 aliphatic rings. The van der Waals surface area contributed by atoms with Crippen molar-refractivity contribution in [3.8, 4) is 0 Å². The first-order chi connectivity index (χ1) is 12.8. The Bertz CT molecular complexity index is 925. The molecule has 26 heavy (non-hydrogen) atoms. The number of oxime groups is 1. The van der Waals surface area contributed by atoms with E-state index in [2.05, 4.69) is 47.6 Å². The van der Waals surface area contributed by atoms with Gasteiger partial charge in [0.2, 0.25) is 0 Å². The maximum absolute atomic E-state index is 9.57. The van der Waals surface area contributed by atoms with E-state index in [-0.39, 0.29) is 0 Å². The second kappa shape index (κ2) is 6.82. The molecule has 0 bridgehead atoms. The van der Waals surface area contributed by atoms with E-state index in [0.29, 0.717) is 5.92 Å². The molecule has 2 aliphatic carbocycles. The fourth-order valence-corrected chi connectivity index (χ4v) is 6.76. The van der Waals surface area contributed by atoms with Crippen LogP contribution in [0, 0.1) is 5.92 Å². The van der Waals surface area contributed by atoms with Crippen LogP contribution in [0.5, 0.6) is 0 Å². The molecule has 2 aromatic carbocycles. The molecule has 2 aromatic rings. The first-order valence-electron chi connectivity index (χ1n) is 9.37. The average Bonchev–Trinajstić information content (AvgIpc) is 3.34. The summed E-state index contributed by atoms with van der Waals surface area (Å²) in [5.74, 6) is 0.683. The lowest BCUT2D eigenvalue weighted by Gasteiger charge is -2.20. The SMILES string of the molecule is O/N=C1\CCC(C2CCCC2)=C1c1ccc2c(c1)Sc1ccccc1S2.